The van der Waals surface area contributed by atoms with Crippen LogP contribution >= 0.6 is 0 Å². The van der Waals surface area contributed by atoms with Crippen molar-refractivity contribution >= 4 is 11.9 Å². The highest BCUT2D eigenvalue weighted by Crippen LogP contribution is 2.36. The predicted octanol–water partition coefficient (Wildman–Crippen LogP) is 1.55. The van der Waals surface area contributed by atoms with Gasteiger partial charge in [0.25, 0.3) is 0 Å². The maximum atomic E-state index is 12.6. The molecule has 6 heteroatoms. The number of carbonyl (C=O) groups is 2. The molecule has 2 rings (SSSR count). The first-order valence-corrected chi connectivity index (χ1v) is 6.87. The van der Waals surface area contributed by atoms with Gasteiger partial charge in [-0.15, -0.1) is 0 Å². The topological polar surface area (TPSA) is 75.4 Å². The van der Waals surface area contributed by atoms with Crippen molar-refractivity contribution in [2.24, 2.45) is 5.41 Å². The molecular formula is C14H21N3O3. The van der Waals surface area contributed by atoms with Crippen LogP contribution in [0, 0.1) is 5.41 Å². The third-order valence-corrected chi connectivity index (χ3v) is 4.07. The lowest BCUT2D eigenvalue weighted by Crippen LogP contribution is -2.57. The Morgan fingerprint density at radius 2 is 2.15 bits per heavy atom. The minimum atomic E-state index is -0.935. The first-order chi connectivity index (χ1) is 9.34. The molecule has 1 aliphatic rings. The van der Waals surface area contributed by atoms with E-state index in [1.807, 2.05) is 13.8 Å². The number of aromatic nitrogens is 2. The summed E-state index contributed by atoms with van der Waals surface area (Å²) < 4.78 is 1.56. The predicted molar refractivity (Wildman–Crippen MR) is 73.1 cm³/mol. The Morgan fingerprint density at radius 3 is 2.70 bits per heavy atom. The van der Waals surface area contributed by atoms with Gasteiger partial charge in [-0.3, -0.25) is 9.48 Å². The molecule has 1 aromatic rings. The van der Waals surface area contributed by atoms with E-state index in [9.17, 15) is 14.7 Å². The van der Waals surface area contributed by atoms with Crippen molar-refractivity contribution in [2.45, 2.75) is 45.7 Å². The number of aliphatic carboxylic acids is 1. The van der Waals surface area contributed by atoms with Gasteiger partial charge in [-0.2, -0.15) is 5.10 Å². The van der Waals surface area contributed by atoms with Gasteiger partial charge in [-0.25, -0.2) is 4.79 Å². The van der Waals surface area contributed by atoms with Crippen molar-refractivity contribution < 1.29 is 14.7 Å². The molecule has 2 heterocycles. The first-order valence-electron chi connectivity index (χ1n) is 6.87. The molecule has 0 saturated carbocycles. The fourth-order valence-electron chi connectivity index (χ4n) is 2.96. The van der Waals surface area contributed by atoms with Gasteiger partial charge in [0.1, 0.15) is 12.1 Å². The van der Waals surface area contributed by atoms with Gasteiger partial charge in [0.05, 0.1) is 0 Å². The van der Waals surface area contributed by atoms with Gasteiger partial charge >= 0.3 is 5.97 Å². The largest absolute Gasteiger partial charge is 0.480 e. The average Bonchev–Trinajstić information content (AvgIpc) is 2.88. The molecule has 6 nitrogen and oxygen atoms in total. The molecule has 110 valence electrons. The number of hydrogen-bond donors (Lipinski definition) is 1. The van der Waals surface area contributed by atoms with E-state index in [-0.39, 0.29) is 5.91 Å². The molecular weight excluding hydrogens is 258 g/mol. The second-order valence-corrected chi connectivity index (χ2v) is 6.03. The molecule has 0 radical (unpaired) electrons. The van der Waals surface area contributed by atoms with Crippen LogP contribution in [0.1, 0.15) is 39.7 Å². The van der Waals surface area contributed by atoms with Crippen LogP contribution in [-0.4, -0.2) is 44.3 Å². The van der Waals surface area contributed by atoms with Crippen molar-refractivity contribution in [1.29, 1.82) is 0 Å². The number of piperidine rings is 1. The summed E-state index contributed by atoms with van der Waals surface area (Å²) in [6.45, 7) is 6.05. The summed E-state index contributed by atoms with van der Waals surface area (Å²) in [5.74, 6) is -1.12. The summed E-state index contributed by atoms with van der Waals surface area (Å²) in [7, 11) is 0. The normalized spacial score (nSPS) is 23.4. The Morgan fingerprint density at radius 1 is 1.45 bits per heavy atom. The number of amides is 1. The maximum absolute atomic E-state index is 12.6. The molecule has 0 bridgehead atoms. The number of hydrogen-bond acceptors (Lipinski definition) is 3. The van der Waals surface area contributed by atoms with E-state index in [4.69, 9.17) is 0 Å². The van der Waals surface area contributed by atoms with Crippen molar-refractivity contribution in [3.63, 3.8) is 0 Å². The van der Waals surface area contributed by atoms with Gasteiger partial charge in [-0.05, 0) is 31.2 Å². The minimum absolute atomic E-state index is 0.186. The van der Waals surface area contributed by atoms with Crippen LogP contribution in [0.5, 0.6) is 0 Å². The van der Waals surface area contributed by atoms with Gasteiger partial charge in [0, 0.05) is 18.9 Å². The summed E-state index contributed by atoms with van der Waals surface area (Å²) in [5.41, 5.74) is -0.413. The molecule has 0 aromatic carbocycles. The standard InChI is InChI=1S/C14H21N3O3/c1-10(17-9-5-7-15-17)12(18)16-8-4-6-14(2,3)11(16)13(19)20/h5,7,9-11H,4,6,8H2,1-3H3,(H,19,20). The highest BCUT2D eigenvalue weighted by atomic mass is 16.4. The van der Waals surface area contributed by atoms with Crippen LogP contribution in [0.2, 0.25) is 0 Å². The number of carboxylic acid groups (broad SMARTS) is 1. The quantitative estimate of drug-likeness (QED) is 0.910. The number of nitrogens with zero attached hydrogens (tertiary/aromatic N) is 3. The first kappa shape index (κ1) is 14.6. The molecule has 2 unspecified atom stereocenters. The third-order valence-electron chi connectivity index (χ3n) is 4.07. The Balaban J connectivity index is 2.25. The van der Waals surface area contributed by atoms with Crippen LogP contribution in [0.3, 0.4) is 0 Å². The average molecular weight is 279 g/mol. The molecule has 1 fully saturated rings. The number of likely N-dealkylation sites (tertiary alicyclic amines) is 1. The Labute approximate surface area is 118 Å². The van der Waals surface area contributed by atoms with Crippen LogP contribution < -0.4 is 0 Å². The van der Waals surface area contributed by atoms with E-state index in [2.05, 4.69) is 5.10 Å². The molecule has 1 amide bonds. The van der Waals surface area contributed by atoms with Gasteiger partial charge in [0.2, 0.25) is 5.91 Å². The van der Waals surface area contributed by atoms with Crippen LogP contribution in [0.15, 0.2) is 18.5 Å². The second kappa shape index (κ2) is 5.26. The van der Waals surface area contributed by atoms with E-state index in [0.717, 1.165) is 12.8 Å². The Hall–Kier alpha value is -1.85. The Kier molecular flexibility index (Phi) is 3.83. The van der Waals surface area contributed by atoms with Crippen molar-refractivity contribution in [3.05, 3.63) is 18.5 Å². The lowest BCUT2D eigenvalue weighted by atomic mass is 9.76. The molecule has 1 aromatic heterocycles. The monoisotopic (exact) mass is 279 g/mol. The molecule has 20 heavy (non-hydrogen) atoms. The van der Waals surface area contributed by atoms with Crippen molar-refractivity contribution in [3.8, 4) is 0 Å². The van der Waals surface area contributed by atoms with E-state index in [1.165, 1.54) is 4.90 Å². The summed E-state index contributed by atoms with van der Waals surface area (Å²) >= 11 is 0. The van der Waals surface area contributed by atoms with E-state index < -0.39 is 23.5 Å². The number of carbonyl (C=O) groups excluding carboxylic acids is 1. The van der Waals surface area contributed by atoms with E-state index in [0.29, 0.717) is 6.54 Å². The van der Waals surface area contributed by atoms with Crippen LogP contribution in [-0.2, 0) is 9.59 Å². The fourth-order valence-corrected chi connectivity index (χ4v) is 2.96. The zero-order valence-electron chi connectivity index (χ0n) is 12.1. The molecule has 2 atom stereocenters. The molecule has 0 spiro atoms. The van der Waals surface area contributed by atoms with Crippen LogP contribution in [0.25, 0.3) is 0 Å². The third kappa shape index (κ3) is 2.55. The minimum Gasteiger partial charge on any atom is -0.480 e. The maximum Gasteiger partial charge on any atom is 0.326 e. The lowest BCUT2D eigenvalue weighted by molar-refractivity contribution is -0.160. The van der Waals surface area contributed by atoms with Crippen molar-refractivity contribution in [2.75, 3.05) is 6.54 Å². The zero-order valence-corrected chi connectivity index (χ0v) is 12.1. The summed E-state index contributed by atoms with van der Waals surface area (Å²) in [5, 5.41) is 13.5. The van der Waals surface area contributed by atoms with Crippen LogP contribution in [0.4, 0.5) is 0 Å². The Bertz CT molecular complexity index is 496. The van der Waals surface area contributed by atoms with Gasteiger partial charge < -0.3 is 10.0 Å². The SMILES string of the molecule is CC(C(=O)N1CCCC(C)(C)C1C(=O)O)n1cccn1. The smallest absolute Gasteiger partial charge is 0.326 e. The summed E-state index contributed by atoms with van der Waals surface area (Å²) in [6.07, 6.45) is 4.96. The van der Waals surface area contributed by atoms with Gasteiger partial charge in [0.15, 0.2) is 0 Å². The van der Waals surface area contributed by atoms with E-state index in [1.54, 1.807) is 30.1 Å². The lowest BCUT2D eigenvalue weighted by Gasteiger charge is -2.44. The second-order valence-electron chi connectivity index (χ2n) is 6.03. The highest BCUT2D eigenvalue weighted by molar-refractivity contribution is 5.86. The number of rotatable bonds is 3. The molecule has 1 N–H and O–H groups in total. The molecule has 1 saturated heterocycles. The molecule has 0 aliphatic carbocycles. The van der Waals surface area contributed by atoms with Crippen molar-refractivity contribution in [1.82, 2.24) is 14.7 Å². The zero-order chi connectivity index (χ0) is 14.9. The highest BCUT2D eigenvalue weighted by Gasteiger charge is 2.45. The summed E-state index contributed by atoms with van der Waals surface area (Å²) in [4.78, 5) is 25.7. The fraction of sp³-hybridized carbons (Fsp3) is 0.643. The molecule has 1 aliphatic heterocycles. The number of carboxylic acids is 1. The van der Waals surface area contributed by atoms with Gasteiger partial charge in [-0.1, -0.05) is 13.8 Å². The van der Waals surface area contributed by atoms with E-state index >= 15 is 0 Å². The summed E-state index contributed by atoms with van der Waals surface area (Å²) in [6, 6.07) is 0.487.